The van der Waals surface area contributed by atoms with E-state index >= 15 is 0 Å². The van der Waals surface area contributed by atoms with E-state index in [-0.39, 0.29) is 12.1 Å². The van der Waals surface area contributed by atoms with Crippen LogP contribution < -0.4 is 19.9 Å². The van der Waals surface area contributed by atoms with E-state index in [1.54, 1.807) is 6.07 Å². The van der Waals surface area contributed by atoms with Gasteiger partial charge in [-0.05, 0) is 75.1 Å². The first-order valence-corrected chi connectivity index (χ1v) is 13.6. The van der Waals surface area contributed by atoms with Crippen LogP contribution in [0.15, 0.2) is 54.9 Å². The molecule has 220 valence electrons. The number of nitrogens with zero attached hydrogens (tertiary/aromatic N) is 4. The Balaban J connectivity index is 1.14. The summed E-state index contributed by atoms with van der Waals surface area (Å²) in [5.74, 6) is 1.27. The van der Waals surface area contributed by atoms with E-state index in [9.17, 15) is 26.3 Å². The van der Waals surface area contributed by atoms with E-state index in [4.69, 9.17) is 4.74 Å². The molecular formula is C29H31F6N5O. The monoisotopic (exact) mass is 579 g/mol. The average Bonchev–Trinajstić information content (AvgIpc) is 2.95. The van der Waals surface area contributed by atoms with Gasteiger partial charge in [0.1, 0.15) is 18.2 Å². The summed E-state index contributed by atoms with van der Waals surface area (Å²) in [5, 5.41) is 3.22. The third-order valence-electron chi connectivity index (χ3n) is 7.66. The van der Waals surface area contributed by atoms with Crippen LogP contribution in [0, 0.1) is 6.92 Å². The summed E-state index contributed by atoms with van der Waals surface area (Å²) >= 11 is 0. The van der Waals surface area contributed by atoms with Gasteiger partial charge in [-0.25, -0.2) is 9.97 Å². The third-order valence-corrected chi connectivity index (χ3v) is 7.66. The zero-order chi connectivity index (χ0) is 29.2. The van der Waals surface area contributed by atoms with Gasteiger partial charge in [-0.2, -0.15) is 26.3 Å². The molecule has 41 heavy (non-hydrogen) atoms. The Morgan fingerprint density at radius 2 is 1.41 bits per heavy atom. The average molecular weight is 580 g/mol. The molecule has 2 aromatic carbocycles. The highest BCUT2D eigenvalue weighted by molar-refractivity contribution is 5.54. The molecule has 12 heteroatoms. The molecule has 1 aliphatic heterocycles. The Hall–Kier alpha value is -3.70. The first kappa shape index (κ1) is 28.8. The van der Waals surface area contributed by atoms with Gasteiger partial charge in [0, 0.05) is 43.6 Å². The van der Waals surface area contributed by atoms with Gasteiger partial charge in [0.25, 0.3) is 0 Å². The van der Waals surface area contributed by atoms with Crippen LogP contribution in [0.4, 0.5) is 43.5 Å². The molecule has 0 amide bonds. The second kappa shape index (κ2) is 11.7. The molecule has 0 atom stereocenters. The molecule has 1 aromatic heterocycles. The Bertz CT molecular complexity index is 1310. The summed E-state index contributed by atoms with van der Waals surface area (Å²) in [6.07, 6.45) is -4.34. The van der Waals surface area contributed by atoms with Gasteiger partial charge in [-0.3, -0.25) is 0 Å². The number of halogens is 6. The first-order chi connectivity index (χ1) is 19.5. The fourth-order valence-electron chi connectivity index (χ4n) is 5.40. The predicted octanol–water partition coefficient (Wildman–Crippen LogP) is 6.95. The molecule has 2 aliphatic rings. The van der Waals surface area contributed by atoms with Crippen LogP contribution in [0.5, 0.6) is 5.88 Å². The van der Waals surface area contributed by atoms with Crippen LogP contribution in [0.2, 0.25) is 0 Å². The van der Waals surface area contributed by atoms with Crippen molar-refractivity contribution >= 4 is 17.2 Å². The van der Waals surface area contributed by atoms with Crippen LogP contribution in [0.1, 0.15) is 42.4 Å². The number of benzene rings is 2. The largest absolute Gasteiger partial charge is 0.474 e. The van der Waals surface area contributed by atoms with Crippen molar-refractivity contribution in [1.82, 2.24) is 9.97 Å². The number of hydrogen-bond donors (Lipinski definition) is 1. The maximum absolute atomic E-state index is 13.0. The molecule has 0 bridgehead atoms. The minimum absolute atomic E-state index is 0.0568. The summed E-state index contributed by atoms with van der Waals surface area (Å²) in [7, 11) is 0. The van der Waals surface area contributed by atoms with Crippen molar-refractivity contribution in [2.24, 2.45) is 0 Å². The molecule has 0 spiro atoms. The molecule has 3 aromatic rings. The second-order valence-corrected chi connectivity index (χ2v) is 10.5. The molecule has 0 unspecified atom stereocenters. The number of rotatable bonds is 6. The zero-order valence-electron chi connectivity index (χ0n) is 22.5. The van der Waals surface area contributed by atoms with Crippen LogP contribution >= 0.6 is 0 Å². The summed E-state index contributed by atoms with van der Waals surface area (Å²) in [4.78, 5) is 13.0. The van der Waals surface area contributed by atoms with Gasteiger partial charge in [0.05, 0.1) is 16.7 Å². The lowest BCUT2D eigenvalue weighted by Gasteiger charge is -2.37. The van der Waals surface area contributed by atoms with Crippen molar-refractivity contribution in [2.45, 2.75) is 57.1 Å². The standard InChI is InChI=1S/C29H31F6N5O/c1-19-26(40-15-13-39(14-16-40)24-9-5-20(6-10-24)28(30,31)32)36-18-37-27(19)41-25-11-7-22(8-12-25)38-23-4-2-3-21(17-23)29(33,34)35/h2-6,9-10,17-18,22,25,38H,7-8,11-16H2,1H3. The van der Waals surface area contributed by atoms with E-state index in [1.165, 1.54) is 24.5 Å². The molecule has 5 rings (SSSR count). The maximum atomic E-state index is 13.0. The topological polar surface area (TPSA) is 53.5 Å². The highest BCUT2D eigenvalue weighted by Crippen LogP contribution is 2.34. The van der Waals surface area contributed by atoms with E-state index in [2.05, 4.69) is 25.1 Å². The van der Waals surface area contributed by atoms with Gasteiger partial charge in [-0.1, -0.05) is 6.07 Å². The molecule has 1 saturated carbocycles. The van der Waals surface area contributed by atoms with Crippen LogP contribution in [0.25, 0.3) is 0 Å². The molecule has 2 fully saturated rings. The Labute approximate surface area is 234 Å². The van der Waals surface area contributed by atoms with Crippen LogP contribution in [-0.4, -0.2) is 48.3 Å². The van der Waals surface area contributed by atoms with E-state index < -0.39 is 23.5 Å². The van der Waals surface area contributed by atoms with E-state index in [0.29, 0.717) is 37.7 Å². The van der Waals surface area contributed by atoms with E-state index in [1.807, 2.05) is 6.92 Å². The fraction of sp³-hybridized carbons (Fsp3) is 0.448. The fourth-order valence-corrected chi connectivity index (χ4v) is 5.40. The minimum atomic E-state index is -4.38. The van der Waals surface area contributed by atoms with Crippen molar-refractivity contribution in [3.8, 4) is 5.88 Å². The number of aromatic nitrogens is 2. The van der Waals surface area contributed by atoms with Gasteiger partial charge >= 0.3 is 12.4 Å². The molecular weight excluding hydrogens is 548 g/mol. The summed E-state index contributed by atoms with van der Waals surface area (Å²) in [5.41, 5.74) is 0.692. The Morgan fingerprint density at radius 3 is 2.05 bits per heavy atom. The number of nitrogens with one attached hydrogen (secondary N) is 1. The first-order valence-electron chi connectivity index (χ1n) is 13.6. The molecule has 0 radical (unpaired) electrons. The Morgan fingerprint density at radius 1 is 0.780 bits per heavy atom. The minimum Gasteiger partial charge on any atom is -0.474 e. The number of ether oxygens (including phenoxy) is 1. The van der Waals surface area contributed by atoms with Crippen LogP contribution in [-0.2, 0) is 12.4 Å². The SMILES string of the molecule is Cc1c(OC2CCC(Nc3cccc(C(F)(F)F)c3)CC2)ncnc1N1CCN(c2ccc(C(F)(F)F)cc2)CC1. The maximum Gasteiger partial charge on any atom is 0.416 e. The lowest BCUT2D eigenvalue weighted by atomic mass is 9.92. The predicted molar refractivity (Wildman–Crippen MR) is 144 cm³/mol. The number of anilines is 3. The summed E-state index contributed by atoms with van der Waals surface area (Å²) in [6.45, 7) is 4.46. The number of piperazine rings is 1. The highest BCUT2D eigenvalue weighted by Gasteiger charge is 2.32. The summed E-state index contributed by atoms with van der Waals surface area (Å²) in [6, 6.07) is 10.5. The normalized spacial score (nSPS) is 20.2. The lowest BCUT2D eigenvalue weighted by molar-refractivity contribution is -0.138. The highest BCUT2D eigenvalue weighted by atomic mass is 19.4. The van der Waals surface area contributed by atoms with Crippen molar-refractivity contribution in [3.05, 3.63) is 71.5 Å². The molecule has 2 heterocycles. The zero-order valence-corrected chi connectivity index (χ0v) is 22.5. The number of hydrogen-bond acceptors (Lipinski definition) is 6. The smallest absolute Gasteiger partial charge is 0.416 e. The van der Waals surface area contributed by atoms with E-state index in [0.717, 1.165) is 67.0 Å². The summed E-state index contributed by atoms with van der Waals surface area (Å²) < 4.78 is 84.0. The molecule has 1 N–H and O–H groups in total. The molecule has 1 saturated heterocycles. The van der Waals surface area contributed by atoms with Crippen LogP contribution in [0.3, 0.4) is 0 Å². The van der Waals surface area contributed by atoms with Crippen molar-refractivity contribution < 1.29 is 31.1 Å². The van der Waals surface area contributed by atoms with Gasteiger partial charge in [0.15, 0.2) is 0 Å². The number of alkyl halides is 6. The van der Waals surface area contributed by atoms with Gasteiger partial charge < -0.3 is 19.9 Å². The van der Waals surface area contributed by atoms with Crippen molar-refractivity contribution in [1.29, 1.82) is 0 Å². The van der Waals surface area contributed by atoms with Crippen molar-refractivity contribution in [2.75, 3.05) is 41.3 Å². The quantitative estimate of drug-likeness (QED) is 0.319. The third kappa shape index (κ3) is 6.97. The lowest BCUT2D eigenvalue weighted by Crippen LogP contribution is -2.47. The molecule has 1 aliphatic carbocycles. The van der Waals surface area contributed by atoms with Gasteiger partial charge in [0.2, 0.25) is 5.88 Å². The molecule has 6 nitrogen and oxygen atoms in total. The second-order valence-electron chi connectivity index (χ2n) is 10.5. The van der Waals surface area contributed by atoms with Gasteiger partial charge in [-0.15, -0.1) is 0 Å². The van der Waals surface area contributed by atoms with Crippen molar-refractivity contribution in [3.63, 3.8) is 0 Å². The Kier molecular flexibility index (Phi) is 8.19.